The Morgan fingerprint density at radius 1 is 1.06 bits per heavy atom. The van der Waals surface area contributed by atoms with Crippen LogP contribution in [-0.2, 0) is 9.59 Å². The summed E-state index contributed by atoms with van der Waals surface area (Å²) in [4.78, 5) is 25.4. The zero-order valence-corrected chi connectivity index (χ0v) is 18.3. The smallest absolute Gasteiger partial charge is 0.328 e. The number of nitrogens with zero attached hydrogens (tertiary/aromatic N) is 2. The average Bonchev–Trinajstić information content (AvgIpc) is 3.01. The molecule has 7 nitrogen and oxygen atoms in total. The highest BCUT2D eigenvalue weighted by Gasteiger charge is 2.32. The Kier molecular flexibility index (Phi) is 7.59. The number of carboxylic acids is 2. The van der Waals surface area contributed by atoms with Crippen LogP contribution in [0.4, 0.5) is 5.69 Å². The molecule has 2 aliphatic heterocycles. The number of carbonyl (C=O) groups is 2. The van der Waals surface area contributed by atoms with E-state index >= 15 is 0 Å². The third-order valence-electron chi connectivity index (χ3n) is 5.14. The Hall–Kier alpha value is -2.97. The molecule has 31 heavy (non-hydrogen) atoms. The highest BCUT2D eigenvalue weighted by molar-refractivity contribution is 7.98. The monoisotopic (exact) mass is 442 g/mol. The van der Waals surface area contributed by atoms with Crippen molar-refractivity contribution >= 4 is 29.4 Å². The molecular formula is C23H26N2O5S. The Morgan fingerprint density at radius 3 is 2.45 bits per heavy atom. The summed E-state index contributed by atoms with van der Waals surface area (Å²) in [6, 6.07) is 15.4. The zero-order valence-electron chi connectivity index (χ0n) is 17.5. The van der Waals surface area contributed by atoms with E-state index in [1.54, 1.807) is 11.8 Å². The summed E-state index contributed by atoms with van der Waals surface area (Å²) in [5.41, 5.74) is 2.52. The van der Waals surface area contributed by atoms with Crippen molar-refractivity contribution in [2.75, 3.05) is 37.8 Å². The van der Waals surface area contributed by atoms with Crippen molar-refractivity contribution in [2.45, 2.75) is 17.4 Å². The summed E-state index contributed by atoms with van der Waals surface area (Å²) in [5.74, 6) is -0.546. The van der Waals surface area contributed by atoms with Crippen molar-refractivity contribution < 1.29 is 24.5 Å². The van der Waals surface area contributed by atoms with E-state index in [-0.39, 0.29) is 0 Å². The Morgan fingerprint density at radius 2 is 1.77 bits per heavy atom. The minimum Gasteiger partial charge on any atom is -0.478 e. The molecule has 4 rings (SSSR count). The molecule has 8 heteroatoms. The number of para-hydroxylation sites is 2. The first-order valence-corrected chi connectivity index (χ1v) is 11.2. The van der Waals surface area contributed by atoms with Crippen LogP contribution < -0.4 is 9.64 Å². The molecule has 2 aliphatic rings. The van der Waals surface area contributed by atoms with Crippen LogP contribution >= 0.6 is 11.8 Å². The summed E-state index contributed by atoms with van der Waals surface area (Å²) < 4.78 is 6.30. The molecule has 1 fully saturated rings. The van der Waals surface area contributed by atoms with E-state index in [1.165, 1.54) is 22.6 Å². The van der Waals surface area contributed by atoms with Crippen LogP contribution in [0.3, 0.4) is 0 Å². The van der Waals surface area contributed by atoms with E-state index in [4.69, 9.17) is 14.9 Å². The molecule has 1 atom stereocenters. The lowest BCUT2D eigenvalue weighted by Crippen LogP contribution is -2.32. The molecule has 2 heterocycles. The van der Waals surface area contributed by atoms with Gasteiger partial charge in [-0.05, 0) is 56.6 Å². The molecular weight excluding hydrogens is 416 g/mol. The van der Waals surface area contributed by atoms with Crippen molar-refractivity contribution in [1.82, 2.24) is 4.90 Å². The van der Waals surface area contributed by atoms with Crippen LogP contribution in [-0.4, -0.2) is 60.0 Å². The Balaban J connectivity index is 0.000000293. The lowest BCUT2D eigenvalue weighted by atomic mass is 10.0. The molecule has 0 aliphatic carbocycles. The number of likely N-dealkylation sites (N-methyl/N-ethyl adjacent to an activating group) is 1. The van der Waals surface area contributed by atoms with Crippen LogP contribution in [0.1, 0.15) is 18.0 Å². The van der Waals surface area contributed by atoms with Gasteiger partial charge in [0.1, 0.15) is 5.75 Å². The van der Waals surface area contributed by atoms with Crippen molar-refractivity contribution in [3.63, 3.8) is 0 Å². The predicted octanol–water partition coefficient (Wildman–Crippen LogP) is 4.11. The highest BCUT2D eigenvalue weighted by atomic mass is 32.2. The molecule has 0 spiro atoms. The molecule has 164 valence electrons. The van der Waals surface area contributed by atoms with Crippen LogP contribution in [0.25, 0.3) is 0 Å². The van der Waals surface area contributed by atoms with Crippen LogP contribution in [0, 0.1) is 0 Å². The van der Waals surface area contributed by atoms with Crippen LogP contribution in [0.2, 0.25) is 0 Å². The van der Waals surface area contributed by atoms with E-state index < -0.39 is 11.9 Å². The van der Waals surface area contributed by atoms with Crippen molar-refractivity contribution in [3.8, 4) is 11.5 Å². The van der Waals surface area contributed by atoms with Gasteiger partial charge in [0.25, 0.3) is 0 Å². The molecule has 0 saturated carbocycles. The maximum atomic E-state index is 9.55. The molecule has 0 bridgehead atoms. The van der Waals surface area contributed by atoms with E-state index in [9.17, 15) is 9.59 Å². The van der Waals surface area contributed by atoms with Gasteiger partial charge in [0, 0.05) is 35.7 Å². The maximum Gasteiger partial charge on any atom is 0.328 e. The molecule has 1 unspecified atom stereocenters. The first kappa shape index (κ1) is 22.7. The van der Waals surface area contributed by atoms with Gasteiger partial charge in [-0.2, -0.15) is 0 Å². The predicted molar refractivity (Wildman–Crippen MR) is 121 cm³/mol. The van der Waals surface area contributed by atoms with Crippen molar-refractivity contribution in [3.05, 3.63) is 60.2 Å². The lowest BCUT2D eigenvalue weighted by Gasteiger charge is -2.32. The summed E-state index contributed by atoms with van der Waals surface area (Å²) >= 11 is 1.79. The number of aliphatic carboxylic acids is 2. The summed E-state index contributed by atoms with van der Waals surface area (Å²) in [5, 5.41) is 15.6. The second kappa shape index (κ2) is 10.4. The van der Waals surface area contributed by atoms with Gasteiger partial charge in [-0.1, -0.05) is 12.1 Å². The number of hydrogen-bond acceptors (Lipinski definition) is 6. The second-order valence-electron chi connectivity index (χ2n) is 7.31. The summed E-state index contributed by atoms with van der Waals surface area (Å²) in [7, 11) is 2.22. The van der Waals surface area contributed by atoms with Gasteiger partial charge in [0.15, 0.2) is 5.75 Å². The number of anilines is 1. The fraction of sp³-hybridized carbons (Fsp3) is 0.304. The summed E-state index contributed by atoms with van der Waals surface area (Å²) in [6.07, 6.45) is 4.43. The third kappa shape index (κ3) is 5.80. The number of benzene rings is 2. The SMILES string of the molecule is CSc1ccc2c(c1)C1CN(C)CCCN1c1ccccc1O2.O=C(O)C=CC(=O)O. The molecule has 0 radical (unpaired) electrons. The highest BCUT2D eigenvalue weighted by Crippen LogP contribution is 2.45. The van der Waals surface area contributed by atoms with Crippen LogP contribution in [0.5, 0.6) is 11.5 Å². The summed E-state index contributed by atoms with van der Waals surface area (Å²) in [6.45, 7) is 3.24. The lowest BCUT2D eigenvalue weighted by molar-refractivity contribution is -0.134. The van der Waals surface area contributed by atoms with E-state index in [2.05, 4.69) is 65.6 Å². The number of thioether (sulfide) groups is 1. The number of hydrogen-bond donors (Lipinski definition) is 2. The third-order valence-corrected chi connectivity index (χ3v) is 5.86. The first-order chi connectivity index (χ1) is 14.9. The van der Waals surface area contributed by atoms with Crippen LogP contribution in [0.15, 0.2) is 59.5 Å². The topological polar surface area (TPSA) is 90.3 Å². The molecule has 2 aromatic carbocycles. The van der Waals surface area contributed by atoms with Gasteiger partial charge >= 0.3 is 11.9 Å². The van der Waals surface area contributed by atoms with E-state index in [0.717, 1.165) is 31.1 Å². The molecule has 2 aromatic rings. The van der Waals surface area contributed by atoms with Gasteiger partial charge in [0.05, 0.1) is 11.7 Å². The van der Waals surface area contributed by atoms with Gasteiger partial charge < -0.3 is 24.7 Å². The first-order valence-electron chi connectivity index (χ1n) is 9.93. The second-order valence-corrected chi connectivity index (χ2v) is 8.19. The standard InChI is InChI=1S/C19H22N2OS.C4H4O4/c1-20-10-5-11-21-16-6-3-4-7-19(16)22-18-9-8-14(23-2)12-15(18)17(21)13-20;5-3(6)1-2-4(7)8/h3-4,6-9,12,17H,5,10-11,13H2,1-2H3;1-2H,(H,5,6)(H,7,8). The Bertz CT molecular complexity index is 962. The van der Waals surface area contributed by atoms with Gasteiger partial charge in [-0.3, -0.25) is 0 Å². The van der Waals surface area contributed by atoms with Gasteiger partial charge in [0.2, 0.25) is 0 Å². The van der Waals surface area contributed by atoms with Crippen molar-refractivity contribution in [1.29, 1.82) is 0 Å². The number of rotatable bonds is 3. The number of fused-ring (bicyclic) bond motifs is 5. The quantitative estimate of drug-likeness (QED) is 0.542. The molecule has 0 aromatic heterocycles. The minimum atomic E-state index is -1.26. The molecule has 0 amide bonds. The largest absolute Gasteiger partial charge is 0.478 e. The number of ether oxygens (including phenoxy) is 1. The van der Waals surface area contributed by atoms with E-state index in [1.807, 2.05) is 0 Å². The minimum absolute atomic E-state index is 0.341. The fourth-order valence-electron chi connectivity index (χ4n) is 3.76. The molecule has 1 saturated heterocycles. The van der Waals surface area contributed by atoms with Gasteiger partial charge in [-0.25, -0.2) is 9.59 Å². The fourth-order valence-corrected chi connectivity index (χ4v) is 4.20. The average molecular weight is 443 g/mol. The maximum absolute atomic E-state index is 9.55. The zero-order chi connectivity index (χ0) is 22.4. The Labute approximate surface area is 185 Å². The molecule has 2 N–H and O–H groups in total. The van der Waals surface area contributed by atoms with Crippen molar-refractivity contribution in [2.24, 2.45) is 0 Å². The normalized spacial score (nSPS) is 17.7. The van der Waals surface area contributed by atoms with E-state index in [0.29, 0.717) is 18.2 Å². The van der Waals surface area contributed by atoms with Gasteiger partial charge in [-0.15, -0.1) is 11.8 Å². The number of carboxylic acid groups (broad SMARTS) is 2.